The summed E-state index contributed by atoms with van der Waals surface area (Å²) in [6.45, 7) is 11.7. The first-order chi connectivity index (χ1) is 11.4. The number of benzene rings is 1. The van der Waals surface area contributed by atoms with E-state index in [-0.39, 0.29) is 11.5 Å². The molecule has 0 saturated carbocycles. The van der Waals surface area contributed by atoms with Crippen molar-refractivity contribution in [2.75, 3.05) is 6.54 Å². The standard InChI is InChI=1S/C19H28N4O/c1-6-20-18(23-14(2)15-10-8-7-9-11-15)22-13-17-21-12-16(24-17)19(3,4)5/h7-12,14H,6,13H2,1-5H3,(H2,20,22,23). The summed E-state index contributed by atoms with van der Waals surface area (Å²) in [5.74, 6) is 2.26. The number of aromatic nitrogens is 1. The van der Waals surface area contributed by atoms with Gasteiger partial charge in [-0.15, -0.1) is 0 Å². The Morgan fingerprint density at radius 2 is 1.96 bits per heavy atom. The maximum absolute atomic E-state index is 5.79. The third-order valence-corrected chi connectivity index (χ3v) is 3.66. The van der Waals surface area contributed by atoms with Crippen LogP contribution in [-0.4, -0.2) is 17.5 Å². The van der Waals surface area contributed by atoms with Crippen molar-refractivity contribution in [1.29, 1.82) is 0 Å². The van der Waals surface area contributed by atoms with Gasteiger partial charge in [-0.05, 0) is 19.4 Å². The molecule has 2 rings (SSSR count). The lowest BCUT2D eigenvalue weighted by molar-refractivity contribution is 0.383. The topological polar surface area (TPSA) is 62.5 Å². The highest BCUT2D eigenvalue weighted by Gasteiger charge is 2.19. The summed E-state index contributed by atoms with van der Waals surface area (Å²) >= 11 is 0. The number of hydrogen-bond acceptors (Lipinski definition) is 3. The molecule has 2 aromatic rings. The summed E-state index contributed by atoms with van der Waals surface area (Å²) in [6, 6.07) is 10.5. The normalized spacial score (nSPS) is 13.6. The summed E-state index contributed by atoms with van der Waals surface area (Å²) < 4.78 is 5.79. The van der Waals surface area contributed by atoms with Crippen molar-refractivity contribution in [3.8, 4) is 0 Å². The smallest absolute Gasteiger partial charge is 0.216 e. The summed E-state index contributed by atoms with van der Waals surface area (Å²) in [4.78, 5) is 8.91. The average Bonchev–Trinajstić information content (AvgIpc) is 3.03. The Morgan fingerprint density at radius 3 is 2.54 bits per heavy atom. The molecule has 130 valence electrons. The molecule has 0 aliphatic heterocycles. The average molecular weight is 328 g/mol. The molecule has 0 radical (unpaired) electrons. The molecule has 1 heterocycles. The minimum Gasteiger partial charge on any atom is -0.443 e. The maximum Gasteiger partial charge on any atom is 0.216 e. The van der Waals surface area contributed by atoms with Gasteiger partial charge in [0.1, 0.15) is 12.3 Å². The largest absolute Gasteiger partial charge is 0.443 e. The molecule has 0 fully saturated rings. The summed E-state index contributed by atoms with van der Waals surface area (Å²) in [5, 5.41) is 6.67. The van der Waals surface area contributed by atoms with Gasteiger partial charge in [0, 0.05) is 12.0 Å². The van der Waals surface area contributed by atoms with Crippen molar-refractivity contribution in [3.63, 3.8) is 0 Å². The quantitative estimate of drug-likeness (QED) is 0.647. The fraction of sp³-hybridized carbons (Fsp3) is 0.474. The highest BCUT2D eigenvalue weighted by molar-refractivity contribution is 5.80. The van der Waals surface area contributed by atoms with Gasteiger partial charge in [0.2, 0.25) is 5.89 Å². The zero-order valence-corrected chi connectivity index (χ0v) is 15.3. The minimum atomic E-state index is -0.0421. The van der Waals surface area contributed by atoms with Gasteiger partial charge in [0.15, 0.2) is 5.96 Å². The molecule has 0 aliphatic rings. The molecule has 1 aromatic carbocycles. The van der Waals surface area contributed by atoms with E-state index < -0.39 is 0 Å². The number of guanidine groups is 1. The van der Waals surface area contributed by atoms with Crippen LogP contribution in [0.15, 0.2) is 45.9 Å². The zero-order valence-electron chi connectivity index (χ0n) is 15.3. The van der Waals surface area contributed by atoms with Crippen LogP contribution < -0.4 is 10.6 Å². The third-order valence-electron chi connectivity index (χ3n) is 3.66. The van der Waals surface area contributed by atoms with E-state index >= 15 is 0 Å². The van der Waals surface area contributed by atoms with Crippen molar-refractivity contribution in [2.24, 2.45) is 4.99 Å². The number of hydrogen-bond donors (Lipinski definition) is 2. The SMILES string of the molecule is CCNC(=NCc1ncc(C(C)(C)C)o1)NC(C)c1ccccc1. The maximum atomic E-state index is 5.79. The lowest BCUT2D eigenvalue weighted by Gasteiger charge is -2.18. The Morgan fingerprint density at radius 1 is 1.25 bits per heavy atom. The fourth-order valence-electron chi connectivity index (χ4n) is 2.23. The van der Waals surface area contributed by atoms with E-state index in [1.54, 1.807) is 6.20 Å². The molecule has 5 heteroatoms. The zero-order chi connectivity index (χ0) is 17.6. The molecule has 0 amide bonds. The lowest BCUT2D eigenvalue weighted by Crippen LogP contribution is -2.38. The van der Waals surface area contributed by atoms with E-state index in [0.717, 1.165) is 18.3 Å². The van der Waals surface area contributed by atoms with Gasteiger partial charge < -0.3 is 15.1 Å². The summed E-state index contributed by atoms with van der Waals surface area (Å²) in [5.41, 5.74) is 1.17. The van der Waals surface area contributed by atoms with Crippen molar-refractivity contribution >= 4 is 5.96 Å². The van der Waals surface area contributed by atoms with Crippen LogP contribution in [0.2, 0.25) is 0 Å². The fourth-order valence-corrected chi connectivity index (χ4v) is 2.23. The number of aliphatic imine (C=N–C) groups is 1. The van der Waals surface area contributed by atoms with Crippen LogP contribution in [0.25, 0.3) is 0 Å². The molecule has 1 aromatic heterocycles. The molecule has 1 atom stereocenters. The Bertz CT molecular complexity index is 656. The number of oxazole rings is 1. The Labute approximate surface area is 144 Å². The van der Waals surface area contributed by atoms with Crippen LogP contribution in [0, 0.1) is 0 Å². The summed E-state index contributed by atoms with van der Waals surface area (Å²) in [7, 11) is 0. The first-order valence-electron chi connectivity index (χ1n) is 8.45. The van der Waals surface area contributed by atoms with Gasteiger partial charge in [-0.1, -0.05) is 51.1 Å². The van der Waals surface area contributed by atoms with Crippen molar-refractivity contribution in [3.05, 3.63) is 53.7 Å². The molecule has 1 unspecified atom stereocenters. The van der Waals surface area contributed by atoms with Gasteiger partial charge in [0.05, 0.1) is 12.2 Å². The summed E-state index contributed by atoms with van der Waals surface area (Å²) in [6.07, 6.45) is 1.79. The van der Waals surface area contributed by atoms with E-state index in [4.69, 9.17) is 4.42 Å². The van der Waals surface area contributed by atoms with E-state index in [1.165, 1.54) is 5.56 Å². The Hall–Kier alpha value is -2.30. The molecule has 0 bridgehead atoms. The number of rotatable bonds is 5. The number of nitrogens with one attached hydrogen (secondary N) is 2. The van der Waals surface area contributed by atoms with Crippen LogP contribution in [0.3, 0.4) is 0 Å². The second-order valence-corrected chi connectivity index (χ2v) is 6.84. The van der Waals surface area contributed by atoms with E-state index in [0.29, 0.717) is 12.4 Å². The number of nitrogens with zero attached hydrogens (tertiary/aromatic N) is 2. The van der Waals surface area contributed by atoms with Crippen LogP contribution >= 0.6 is 0 Å². The van der Waals surface area contributed by atoms with Crippen LogP contribution in [-0.2, 0) is 12.0 Å². The van der Waals surface area contributed by atoms with Crippen LogP contribution in [0.4, 0.5) is 0 Å². The first-order valence-corrected chi connectivity index (χ1v) is 8.45. The lowest BCUT2D eigenvalue weighted by atomic mass is 9.94. The predicted molar refractivity (Wildman–Crippen MR) is 98.0 cm³/mol. The third kappa shape index (κ3) is 5.11. The molecule has 5 nitrogen and oxygen atoms in total. The van der Waals surface area contributed by atoms with Crippen molar-refractivity contribution in [1.82, 2.24) is 15.6 Å². The van der Waals surface area contributed by atoms with Crippen LogP contribution in [0.5, 0.6) is 0 Å². The second-order valence-electron chi connectivity index (χ2n) is 6.84. The van der Waals surface area contributed by atoms with E-state index in [1.807, 2.05) is 25.1 Å². The Balaban J connectivity index is 2.04. The minimum absolute atomic E-state index is 0.0421. The van der Waals surface area contributed by atoms with E-state index in [9.17, 15) is 0 Å². The first kappa shape index (κ1) is 18.0. The van der Waals surface area contributed by atoms with Gasteiger partial charge in [-0.25, -0.2) is 9.98 Å². The Kier molecular flexibility index (Phi) is 6.01. The molecule has 0 saturated heterocycles. The predicted octanol–water partition coefficient (Wildman–Crippen LogP) is 3.79. The highest BCUT2D eigenvalue weighted by atomic mass is 16.4. The van der Waals surface area contributed by atoms with Gasteiger partial charge in [0.25, 0.3) is 0 Å². The van der Waals surface area contributed by atoms with Crippen molar-refractivity contribution < 1.29 is 4.42 Å². The van der Waals surface area contributed by atoms with Gasteiger partial charge >= 0.3 is 0 Å². The van der Waals surface area contributed by atoms with Crippen LogP contribution in [0.1, 0.15) is 57.9 Å². The molecular weight excluding hydrogens is 300 g/mol. The molecular formula is C19H28N4O. The molecule has 24 heavy (non-hydrogen) atoms. The monoisotopic (exact) mass is 328 g/mol. The second kappa shape index (κ2) is 7.99. The van der Waals surface area contributed by atoms with Gasteiger partial charge in [-0.3, -0.25) is 0 Å². The van der Waals surface area contributed by atoms with E-state index in [2.05, 4.69) is 60.4 Å². The molecule has 0 aliphatic carbocycles. The van der Waals surface area contributed by atoms with Crippen molar-refractivity contribution in [2.45, 2.75) is 52.6 Å². The van der Waals surface area contributed by atoms with Gasteiger partial charge in [-0.2, -0.15) is 0 Å². The highest BCUT2D eigenvalue weighted by Crippen LogP contribution is 2.22. The molecule has 0 spiro atoms. The molecule has 2 N–H and O–H groups in total.